The molecule has 98 valence electrons. The summed E-state index contributed by atoms with van der Waals surface area (Å²) >= 11 is 0. The molecule has 1 aromatic rings. The zero-order valence-corrected chi connectivity index (χ0v) is 11.4. The number of phenols is 1. The number of rotatable bonds is 1. The van der Waals surface area contributed by atoms with Gasteiger partial charge in [-0.2, -0.15) is 0 Å². The van der Waals surface area contributed by atoms with Crippen LogP contribution in [0.4, 0.5) is 0 Å². The van der Waals surface area contributed by atoms with Crippen molar-refractivity contribution in [1.82, 2.24) is 4.90 Å². The lowest BCUT2D eigenvalue weighted by atomic mass is 9.93. The van der Waals surface area contributed by atoms with E-state index in [9.17, 15) is 5.11 Å². The van der Waals surface area contributed by atoms with Gasteiger partial charge in [0.2, 0.25) is 0 Å². The Morgan fingerprint density at radius 2 is 1.83 bits per heavy atom. The second kappa shape index (κ2) is 4.58. The zero-order chi connectivity index (χ0) is 12.7. The fourth-order valence-electron chi connectivity index (χ4n) is 3.98. The van der Waals surface area contributed by atoms with Crippen LogP contribution in [0.3, 0.4) is 0 Å². The molecular formula is C16H23NO. The van der Waals surface area contributed by atoms with Crippen LogP contribution < -0.4 is 0 Å². The summed E-state index contributed by atoms with van der Waals surface area (Å²) in [5.74, 6) is 0.493. The number of fused-ring (bicyclic) bond motifs is 1. The van der Waals surface area contributed by atoms with Crippen molar-refractivity contribution in [2.45, 2.75) is 64.1 Å². The summed E-state index contributed by atoms with van der Waals surface area (Å²) in [5.41, 5.74) is 2.56. The van der Waals surface area contributed by atoms with E-state index in [1.165, 1.54) is 36.8 Å². The summed E-state index contributed by atoms with van der Waals surface area (Å²) in [5, 5.41) is 9.96. The molecule has 0 radical (unpaired) electrons. The molecule has 0 saturated carbocycles. The summed E-state index contributed by atoms with van der Waals surface area (Å²) in [4.78, 5) is 2.69. The Hall–Kier alpha value is -1.02. The minimum absolute atomic E-state index is 0.493. The minimum atomic E-state index is 0.493. The molecule has 1 heterocycles. The Labute approximate surface area is 110 Å². The molecule has 0 aromatic heterocycles. The molecule has 1 fully saturated rings. The number of phenolic OH excluding ortho intramolecular Hbond substituents is 1. The maximum absolute atomic E-state index is 9.96. The van der Waals surface area contributed by atoms with Crippen molar-refractivity contribution in [3.8, 4) is 5.75 Å². The van der Waals surface area contributed by atoms with Gasteiger partial charge in [-0.05, 0) is 56.7 Å². The van der Waals surface area contributed by atoms with Crippen LogP contribution in [0.5, 0.6) is 5.75 Å². The maximum Gasteiger partial charge on any atom is 0.119 e. The van der Waals surface area contributed by atoms with Gasteiger partial charge in [-0.15, -0.1) is 0 Å². The summed E-state index contributed by atoms with van der Waals surface area (Å²) < 4.78 is 0. The molecule has 0 spiro atoms. The van der Waals surface area contributed by atoms with Gasteiger partial charge >= 0.3 is 0 Å². The topological polar surface area (TPSA) is 23.5 Å². The van der Waals surface area contributed by atoms with E-state index < -0.39 is 0 Å². The normalized spacial score (nSPS) is 32.4. The fraction of sp³-hybridized carbons (Fsp3) is 0.625. The van der Waals surface area contributed by atoms with Crippen molar-refractivity contribution >= 4 is 0 Å². The Morgan fingerprint density at radius 1 is 1.11 bits per heavy atom. The highest BCUT2D eigenvalue weighted by molar-refractivity contribution is 5.44. The quantitative estimate of drug-likeness (QED) is 0.816. The van der Waals surface area contributed by atoms with Crippen molar-refractivity contribution in [3.63, 3.8) is 0 Å². The van der Waals surface area contributed by atoms with E-state index in [0.29, 0.717) is 23.9 Å². The van der Waals surface area contributed by atoms with Gasteiger partial charge in [-0.25, -0.2) is 0 Å². The first-order valence-electron chi connectivity index (χ1n) is 7.26. The van der Waals surface area contributed by atoms with Crippen LogP contribution in [0.1, 0.15) is 56.7 Å². The van der Waals surface area contributed by atoms with Gasteiger partial charge in [0.05, 0.1) is 0 Å². The van der Waals surface area contributed by atoms with Crippen LogP contribution in [-0.2, 0) is 6.42 Å². The summed E-state index contributed by atoms with van der Waals surface area (Å²) in [7, 11) is 0. The highest BCUT2D eigenvalue weighted by Crippen LogP contribution is 2.43. The number of piperidine rings is 1. The molecule has 18 heavy (non-hydrogen) atoms. The summed E-state index contributed by atoms with van der Waals surface area (Å²) in [6.07, 6.45) is 6.19. The molecule has 0 bridgehead atoms. The van der Waals surface area contributed by atoms with Crippen LogP contribution in [0, 0.1) is 0 Å². The SMILES string of the molecule is C[C@@H]1CCC[C@H](C)N1C1CCc2c(O)cccc21. The first-order valence-corrected chi connectivity index (χ1v) is 7.26. The second-order valence-corrected chi connectivity index (χ2v) is 5.98. The highest BCUT2D eigenvalue weighted by atomic mass is 16.3. The van der Waals surface area contributed by atoms with Gasteiger partial charge in [0.15, 0.2) is 0 Å². The molecule has 3 rings (SSSR count). The van der Waals surface area contributed by atoms with Gasteiger partial charge in [0.25, 0.3) is 0 Å². The van der Waals surface area contributed by atoms with Crippen LogP contribution in [0.15, 0.2) is 18.2 Å². The Kier molecular flexibility index (Phi) is 3.06. The summed E-state index contributed by atoms with van der Waals surface area (Å²) in [6.45, 7) is 4.72. The third-order valence-electron chi connectivity index (χ3n) is 4.84. The average Bonchev–Trinajstić information content (AvgIpc) is 2.75. The molecule has 0 amide bonds. The number of likely N-dealkylation sites (tertiary alicyclic amines) is 1. The monoisotopic (exact) mass is 245 g/mol. The van der Waals surface area contributed by atoms with E-state index >= 15 is 0 Å². The first kappa shape index (κ1) is 12.0. The molecule has 1 aromatic carbocycles. The molecule has 2 aliphatic rings. The molecular weight excluding hydrogens is 222 g/mol. The van der Waals surface area contributed by atoms with E-state index in [4.69, 9.17) is 0 Å². The molecule has 1 N–H and O–H groups in total. The molecule has 2 nitrogen and oxygen atoms in total. The van der Waals surface area contributed by atoms with Crippen molar-refractivity contribution < 1.29 is 5.11 Å². The fourth-order valence-corrected chi connectivity index (χ4v) is 3.98. The van der Waals surface area contributed by atoms with Gasteiger partial charge in [0.1, 0.15) is 5.75 Å². The van der Waals surface area contributed by atoms with Crippen molar-refractivity contribution in [1.29, 1.82) is 0 Å². The number of aromatic hydroxyl groups is 1. The molecule has 2 heteroatoms. The lowest BCUT2D eigenvalue weighted by Crippen LogP contribution is -2.45. The van der Waals surface area contributed by atoms with Crippen LogP contribution >= 0.6 is 0 Å². The molecule has 1 aliphatic carbocycles. The van der Waals surface area contributed by atoms with Crippen molar-refractivity contribution in [2.75, 3.05) is 0 Å². The van der Waals surface area contributed by atoms with E-state index in [2.05, 4.69) is 24.8 Å². The van der Waals surface area contributed by atoms with Crippen LogP contribution in [0.25, 0.3) is 0 Å². The second-order valence-electron chi connectivity index (χ2n) is 5.98. The largest absolute Gasteiger partial charge is 0.508 e. The average molecular weight is 245 g/mol. The number of nitrogens with zero attached hydrogens (tertiary/aromatic N) is 1. The lowest BCUT2D eigenvalue weighted by Gasteiger charge is -2.43. The standard InChI is InChI=1S/C16H23NO/c1-11-5-3-6-12(2)17(11)15-10-9-14-13(15)7-4-8-16(14)18/h4,7-8,11-12,15,18H,3,5-6,9-10H2,1-2H3/t11-,12+,15?. The predicted octanol–water partition coefficient (Wildman–Crippen LogP) is 3.64. The molecule has 1 saturated heterocycles. The Balaban J connectivity index is 1.93. The first-order chi connectivity index (χ1) is 8.68. The Bertz CT molecular complexity index is 433. The number of hydrogen-bond donors (Lipinski definition) is 1. The highest BCUT2D eigenvalue weighted by Gasteiger charge is 2.36. The smallest absolute Gasteiger partial charge is 0.119 e. The number of benzene rings is 1. The predicted molar refractivity (Wildman–Crippen MR) is 73.8 cm³/mol. The molecule has 3 atom stereocenters. The summed E-state index contributed by atoms with van der Waals surface area (Å²) in [6, 6.07) is 7.90. The minimum Gasteiger partial charge on any atom is -0.508 e. The van der Waals surface area contributed by atoms with Crippen molar-refractivity contribution in [2.24, 2.45) is 0 Å². The van der Waals surface area contributed by atoms with Crippen LogP contribution in [-0.4, -0.2) is 22.1 Å². The van der Waals surface area contributed by atoms with E-state index in [-0.39, 0.29) is 0 Å². The van der Waals surface area contributed by atoms with Gasteiger partial charge in [-0.1, -0.05) is 18.6 Å². The van der Waals surface area contributed by atoms with E-state index in [1.54, 1.807) is 0 Å². The lowest BCUT2D eigenvalue weighted by molar-refractivity contribution is 0.0548. The maximum atomic E-state index is 9.96. The van der Waals surface area contributed by atoms with E-state index in [1.807, 2.05) is 12.1 Å². The van der Waals surface area contributed by atoms with Gasteiger partial charge in [-0.3, -0.25) is 4.90 Å². The zero-order valence-electron chi connectivity index (χ0n) is 11.4. The molecule has 1 aliphatic heterocycles. The third-order valence-corrected chi connectivity index (χ3v) is 4.84. The Morgan fingerprint density at radius 3 is 2.56 bits per heavy atom. The third kappa shape index (κ3) is 1.83. The van der Waals surface area contributed by atoms with E-state index in [0.717, 1.165) is 6.42 Å². The van der Waals surface area contributed by atoms with Crippen LogP contribution in [0.2, 0.25) is 0 Å². The van der Waals surface area contributed by atoms with Gasteiger partial charge in [0, 0.05) is 18.1 Å². The van der Waals surface area contributed by atoms with Crippen molar-refractivity contribution in [3.05, 3.63) is 29.3 Å². The molecule has 1 unspecified atom stereocenters. The number of hydrogen-bond acceptors (Lipinski definition) is 2. The van der Waals surface area contributed by atoms with Gasteiger partial charge < -0.3 is 5.11 Å².